The highest BCUT2D eigenvalue weighted by Crippen LogP contribution is 2.17. The van der Waals surface area contributed by atoms with E-state index < -0.39 is 0 Å². The number of aliphatic hydroxyl groups is 1. The van der Waals surface area contributed by atoms with Crippen LogP contribution in [0.25, 0.3) is 10.9 Å². The second-order valence-corrected chi connectivity index (χ2v) is 4.16. The van der Waals surface area contributed by atoms with Gasteiger partial charge < -0.3 is 9.67 Å². The fraction of sp³-hybridized carbons (Fsp3) is 0.143. The van der Waals surface area contributed by atoms with E-state index in [1.807, 2.05) is 28.8 Å². The molecule has 0 radical (unpaired) electrons. The van der Waals surface area contributed by atoms with Crippen molar-refractivity contribution < 1.29 is 5.11 Å². The van der Waals surface area contributed by atoms with Gasteiger partial charge in [-0.05, 0) is 11.6 Å². The van der Waals surface area contributed by atoms with Gasteiger partial charge in [-0.1, -0.05) is 24.3 Å². The largest absolute Gasteiger partial charge is 0.390 e. The number of aliphatic hydroxyl groups excluding tert-OH is 1. The van der Waals surface area contributed by atoms with Crippen LogP contribution in [0.5, 0.6) is 0 Å². The third-order valence-corrected chi connectivity index (χ3v) is 3.02. The van der Waals surface area contributed by atoms with Crippen molar-refractivity contribution in [3.05, 3.63) is 60.3 Å². The van der Waals surface area contributed by atoms with Gasteiger partial charge in [0.1, 0.15) is 0 Å². The van der Waals surface area contributed by atoms with Crippen LogP contribution in [-0.4, -0.2) is 19.6 Å². The lowest BCUT2D eigenvalue weighted by Crippen LogP contribution is -2.04. The topological polar surface area (TPSA) is 50.9 Å². The molecule has 0 bridgehead atoms. The van der Waals surface area contributed by atoms with E-state index in [-0.39, 0.29) is 6.61 Å². The van der Waals surface area contributed by atoms with E-state index in [0.717, 1.165) is 22.2 Å². The molecule has 0 saturated heterocycles. The zero-order valence-corrected chi connectivity index (χ0v) is 9.82. The van der Waals surface area contributed by atoms with Crippen LogP contribution in [0.4, 0.5) is 0 Å². The van der Waals surface area contributed by atoms with Gasteiger partial charge in [-0.25, -0.2) is 4.98 Å². The molecule has 0 saturated carbocycles. The number of fused-ring (bicyclic) bond motifs is 1. The number of hydrogen-bond acceptors (Lipinski definition) is 3. The molecule has 0 fully saturated rings. The molecule has 0 aliphatic heterocycles. The maximum Gasteiger partial charge on any atom is 0.0952 e. The lowest BCUT2D eigenvalue weighted by molar-refractivity contribution is 0.271. The van der Waals surface area contributed by atoms with Crippen LogP contribution in [0.15, 0.2) is 49.1 Å². The smallest absolute Gasteiger partial charge is 0.0952 e. The predicted octanol–water partition coefficient (Wildman–Crippen LogP) is 1.97. The second kappa shape index (κ2) is 4.58. The molecule has 0 unspecified atom stereocenters. The molecule has 0 aliphatic carbocycles. The van der Waals surface area contributed by atoms with Crippen molar-refractivity contribution in [3.63, 3.8) is 0 Å². The van der Waals surface area contributed by atoms with E-state index in [0.29, 0.717) is 6.54 Å². The van der Waals surface area contributed by atoms with Crippen molar-refractivity contribution in [3.8, 4) is 0 Å². The van der Waals surface area contributed by atoms with Gasteiger partial charge in [0.15, 0.2) is 0 Å². The minimum absolute atomic E-state index is 0.00179. The third kappa shape index (κ3) is 1.87. The highest BCUT2D eigenvalue weighted by Gasteiger charge is 2.05. The van der Waals surface area contributed by atoms with E-state index in [1.165, 1.54) is 0 Å². The summed E-state index contributed by atoms with van der Waals surface area (Å²) >= 11 is 0. The molecule has 18 heavy (non-hydrogen) atoms. The molecular formula is C14H13N3O. The summed E-state index contributed by atoms with van der Waals surface area (Å²) in [5.41, 5.74) is 2.93. The van der Waals surface area contributed by atoms with Crippen LogP contribution in [0.2, 0.25) is 0 Å². The summed E-state index contributed by atoms with van der Waals surface area (Å²) in [6.45, 7) is 0.669. The van der Waals surface area contributed by atoms with Gasteiger partial charge >= 0.3 is 0 Å². The SMILES string of the molecule is OCc1cncn1Cc1cccc2cccnc12. The lowest BCUT2D eigenvalue weighted by Gasteiger charge is -2.08. The normalized spacial score (nSPS) is 10.9. The molecule has 3 rings (SSSR count). The van der Waals surface area contributed by atoms with Crippen molar-refractivity contribution in [2.75, 3.05) is 0 Å². The number of nitrogens with zero attached hydrogens (tertiary/aromatic N) is 3. The molecule has 4 nitrogen and oxygen atoms in total. The van der Waals surface area contributed by atoms with Crippen LogP contribution < -0.4 is 0 Å². The molecule has 1 N–H and O–H groups in total. The van der Waals surface area contributed by atoms with Crippen molar-refractivity contribution in [2.45, 2.75) is 13.2 Å². The van der Waals surface area contributed by atoms with E-state index >= 15 is 0 Å². The Balaban J connectivity index is 2.05. The first-order valence-corrected chi connectivity index (χ1v) is 5.81. The zero-order chi connectivity index (χ0) is 12.4. The van der Waals surface area contributed by atoms with E-state index in [2.05, 4.69) is 16.0 Å². The molecule has 90 valence electrons. The van der Waals surface area contributed by atoms with Crippen molar-refractivity contribution in [1.82, 2.24) is 14.5 Å². The van der Waals surface area contributed by atoms with Crippen LogP contribution in [-0.2, 0) is 13.2 Å². The summed E-state index contributed by atoms with van der Waals surface area (Å²) in [4.78, 5) is 8.47. The molecule has 0 amide bonds. The van der Waals surface area contributed by atoms with Gasteiger partial charge in [-0.15, -0.1) is 0 Å². The number of rotatable bonds is 3. The summed E-state index contributed by atoms with van der Waals surface area (Å²) in [7, 11) is 0. The first-order chi connectivity index (χ1) is 8.88. The average Bonchev–Trinajstić information content (AvgIpc) is 2.86. The maximum absolute atomic E-state index is 9.22. The van der Waals surface area contributed by atoms with E-state index in [1.54, 1.807) is 18.7 Å². The number of para-hydroxylation sites is 1. The lowest BCUT2D eigenvalue weighted by atomic mass is 10.1. The quantitative estimate of drug-likeness (QED) is 0.760. The molecule has 3 aromatic rings. The standard InChI is InChI=1S/C14H13N3O/c18-9-13-7-15-10-17(13)8-12-4-1-3-11-5-2-6-16-14(11)12/h1-7,10,18H,8-9H2. The van der Waals surface area contributed by atoms with Crippen molar-refractivity contribution >= 4 is 10.9 Å². The number of pyridine rings is 1. The van der Waals surface area contributed by atoms with Gasteiger partial charge in [-0.3, -0.25) is 4.98 Å². The van der Waals surface area contributed by atoms with Gasteiger partial charge in [-0.2, -0.15) is 0 Å². The zero-order valence-electron chi connectivity index (χ0n) is 9.82. The van der Waals surface area contributed by atoms with Gasteiger partial charge in [0.05, 0.1) is 36.9 Å². The molecule has 4 heteroatoms. The third-order valence-electron chi connectivity index (χ3n) is 3.02. The summed E-state index contributed by atoms with van der Waals surface area (Å²) in [6, 6.07) is 10.1. The van der Waals surface area contributed by atoms with Crippen molar-refractivity contribution in [2.24, 2.45) is 0 Å². The van der Waals surface area contributed by atoms with Crippen LogP contribution in [0.1, 0.15) is 11.3 Å². The Labute approximate surface area is 105 Å². The Morgan fingerprint density at radius 1 is 1.17 bits per heavy atom. The van der Waals surface area contributed by atoms with Gasteiger partial charge in [0.2, 0.25) is 0 Å². The summed E-state index contributed by atoms with van der Waals surface area (Å²) < 4.78 is 1.93. The predicted molar refractivity (Wildman–Crippen MR) is 69.0 cm³/mol. The molecule has 2 aromatic heterocycles. The average molecular weight is 239 g/mol. The van der Waals surface area contributed by atoms with Gasteiger partial charge in [0.25, 0.3) is 0 Å². The molecule has 1 aromatic carbocycles. The minimum atomic E-state index is -0.00179. The van der Waals surface area contributed by atoms with Gasteiger partial charge in [0, 0.05) is 11.6 Å². The highest BCUT2D eigenvalue weighted by atomic mass is 16.3. The summed E-state index contributed by atoms with van der Waals surface area (Å²) in [5, 5.41) is 10.3. The Hall–Kier alpha value is -2.20. The minimum Gasteiger partial charge on any atom is -0.390 e. The maximum atomic E-state index is 9.22. The first-order valence-electron chi connectivity index (χ1n) is 5.81. The highest BCUT2D eigenvalue weighted by molar-refractivity contribution is 5.81. The summed E-state index contributed by atoms with van der Waals surface area (Å²) in [6.07, 6.45) is 5.21. The van der Waals surface area contributed by atoms with Crippen LogP contribution in [0, 0.1) is 0 Å². The first kappa shape index (κ1) is 10.9. The number of benzene rings is 1. The number of aromatic nitrogens is 3. The van der Waals surface area contributed by atoms with Crippen LogP contribution >= 0.6 is 0 Å². The van der Waals surface area contributed by atoms with Crippen molar-refractivity contribution in [1.29, 1.82) is 0 Å². The van der Waals surface area contributed by atoms with Crippen LogP contribution in [0.3, 0.4) is 0 Å². The van der Waals surface area contributed by atoms with E-state index in [4.69, 9.17) is 0 Å². The van der Waals surface area contributed by atoms with E-state index in [9.17, 15) is 5.11 Å². The Morgan fingerprint density at radius 2 is 2.06 bits per heavy atom. The fourth-order valence-corrected chi connectivity index (χ4v) is 2.10. The summed E-state index contributed by atoms with van der Waals surface area (Å²) in [5.74, 6) is 0. The monoisotopic (exact) mass is 239 g/mol. The molecule has 0 aliphatic rings. The molecule has 0 atom stereocenters. The Bertz CT molecular complexity index is 670. The number of imidazole rings is 1. The Morgan fingerprint density at radius 3 is 2.94 bits per heavy atom. The molecular weight excluding hydrogens is 226 g/mol. The Kier molecular flexibility index (Phi) is 2.78. The number of hydrogen-bond donors (Lipinski definition) is 1. The molecule has 0 spiro atoms. The molecule has 2 heterocycles. The fourth-order valence-electron chi connectivity index (χ4n) is 2.10. The second-order valence-electron chi connectivity index (χ2n) is 4.16.